The Balaban J connectivity index is 2.01. The predicted molar refractivity (Wildman–Crippen MR) is 79.3 cm³/mol. The van der Waals surface area contributed by atoms with Crippen LogP contribution in [0.15, 0.2) is 6.07 Å². The number of fused-ring (bicyclic) bond motifs is 1. The van der Waals surface area contributed by atoms with Crippen molar-refractivity contribution in [2.24, 2.45) is 7.05 Å². The SMILES string of the molecule is Cc1nc2c(cc1C(=O)N1CCO[C@@H](C)C1)c(C)nn2C. The van der Waals surface area contributed by atoms with Gasteiger partial charge in [0.15, 0.2) is 5.65 Å². The van der Waals surface area contributed by atoms with Crippen molar-refractivity contribution < 1.29 is 9.53 Å². The highest BCUT2D eigenvalue weighted by Gasteiger charge is 2.25. The summed E-state index contributed by atoms with van der Waals surface area (Å²) in [5, 5.41) is 5.30. The summed E-state index contributed by atoms with van der Waals surface area (Å²) in [6, 6.07) is 1.92. The molecule has 0 spiro atoms. The standard InChI is InChI=1S/C15H20N4O2/c1-9-8-19(5-6-21-9)15(20)13-7-12-11(3)17-18(4)14(12)16-10(13)2/h7,9H,5-6,8H2,1-4H3/t9-/m0/s1. The Labute approximate surface area is 123 Å². The summed E-state index contributed by atoms with van der Waals surface area (Å²) in [6.07, 6.45) is 0.0832. The fourth-order valence-corrected chi connectivity index (χ4v) is 2.82. The predicted octanol–water partition coefficient (Wildman–Crippen LogP) is 1.45. The van der Waals surface area contributed by atoms with Crippen molar-refractivity contribution >= 4 is 16.9 Å². The van der Waals surface area contributed by atoms with Crippen molar-refractivity contribution in [3.8, 4) is 0 Å². The Hall–Kier alpha value is -1.95. The van der Waals surface area contributed by atoms with E-state index in [0.29, 0.717) is 25.3 Å². The first-order chi connectivity index (χ1) is 9.97. The normalized spacial score (nSPS) is 19.2. The van der Waals surface area contributed by atoms with Crippen molar-refractivity contribution in [1.82, 2.24) is 19.7 Å². The fourth-order valence-electron chi connectivity index (χ4n) is 2.82. The van der Waals surface area contributed by atoms with E-state index in [2.05, 4.69) is 10.1 Å². The summed E-state index contributed by atoms with van der Waals surface area (Å²) in [4.78, 5) is 19.1. The van der Waals surface area contributed by atoms with Gasteiger partial charge in [0.2, 0.25) is 0 Å². The van der Waals surface area contributed by atoms with E-state index in [1.165, 1.54) is 0 Å². The second-order valence-electron chi connectivity index (χ2n) is 5.63. The van der Waals surface area contributed by atoms with Crippen molar-refractivity contribution in [1.29, 1.82) is 0 Å². The number of carbonyl (C=O) groups is 1. The molecule has 1 saturated heterocycles. The fraction of sp³-hybridized carbons (Fsp3) is 0.533. The second kappa shape index (κ2) is 5.11. The molecule has 0 bridgehead atoms. The van der Waals surface area contributed by atoms with Gasteiger partial charge in [-0.15, -0.1) is 0 Å². The van der Waals surface area contributed by atoms with E-state index in [4.69, 9.17) is 4.74 Å². The molecule has 3 rings (SSSR count). The second-order valence-corrected chi connectivity index (χ2v) is 5.63. The Kier molecular flexibility index (Phi) is 3.41. The van der Waals surface area contributed by atoms with Crippen LogP contribution in [-0.4, -0.2) is 51.4 Å². The first-order valence-electron chi connectivity index (χ1n) is 7.19. The molecular weight excluding hydrogens is 268 g/mol. The highest BCUT2D eigenvalue weighted by Crippen LogP contribution is 2.21. The molecule has 2 aromatic heterocycles. The lowest BCUT2D eigenvalue weighted by atomic mass is 10.1. The quantitative estimate of drug-likeness (QED) is 0.797. The Morgan fingerprint density at radius 1 is 1.38 bits per heavy atom. The molecule has 0 aliphatic carbocycles. The number of morpholine rings is 1. The van der Waals surface area contributed by atoms with Gasteiger partial charge in [-0.1, -0.05) is 0 Å². The molecular formula is C15H20N4O2. The minimum Gasteiger partial charge on any atom is -0.375 e. The van der Waals surface area contributed by atoms with Crippen LogP contribution < -0.4 is 0 Å². The molecule has 0 saturated carbocycles. The lowest BCUT2D eigenvalue weighted by Crippen LogP contribution is -2.44. The van der Waals surface area contributed by atoms with Gasteiger partial charge in [0.1, 0.15) is 0 Å². The summed E-state index contributed by atoms with van der Waals surface area (Å²) in [7, 11) is 1.87. The van der Waals surface area contributed by atoms with E-state index < -0.39 is 0 Å². The zero-order valence-corrected chi connectivity index (χ0v) is 12.9. The Bertz CT molecular complexity index is 707. The molecule has 112 valence electrons. The zero-order valence-electron chi connectivity index (χ0n) is 12.9. The topological polar surface area (TPSA) is 60.3 Å². The highest BCUT2D eigenvalue weighted by atomic mass is 16.5. The summed E-state index contributed by atoms with van der Waals surface area (Å²) in [5.41, 5.74) is 3.11. The number of amides is 1. The first-order valence-corrected chi connectivity index (χ1v) is 7.19. The minimum atomic E-state index is 0.0281. The third-order valence-electron chi connectivity index (χ3n) is 3.95. The van der Waals surface area contributed by atoms with Crippen LogP contribution in [0.1, 0.15) is 28.7 Å². The van der Waals surface area contributed by atoms with E-state index in [-0.39, 0.29) is 12.0 Å². The smallest absolute Gasteiger partial charge is 0.255 e. The van der Waals surface area contributed by atoms with Crippen molar-refractivity contribution in [2.75, 3.05) is 19.7 Å². The van der Waals surface area contributed by atoms with Gasteiger partial charge < -0.3 is 9.64 Å². The van der Waals surface area contributed by atoms with E-state index in [0.717, 1.165) is 22.4 Å². The molecule has 1 atom stereocenters. The number of ether oxygens (including phenoxy) is 1. The van der Waals surface area contributed by atoms with Gasteiger partial charge >= 0.3 is 0 Å². The molecule has 2 aromatic rings. The van der Waals surface area contributed by atoms with Crippen LogP contribution in [0.2, 0.25) is 0 Å². The highest BCUT2D eigenvalue weighted by molar-refractivity contribution is 5.98. The molecule has 1 aliphatic heterocycles. The molecule has 6 heteroatoms. The van der Waals surface area contributed by atoms with Gasteiger partial charge in [0.05, 0.1) is 29.7 Å². The maximum Gasteiger partial charge on any atom is 0.255 e. The largest absolute Gasteiger partial charge is 0.375 e. The van der Waals surface area contributed by atoms with Crippen LogP contribution in [0.4, 0.5) is 0 Å². The number of aromatic nitrogens is 3. The number of aryl methyl sites for hydroxylation is 3. The molecule has 0 aromatic carbocycles. The van der Waals surface area contributed by atoms with Gasteiger partial charge in [0.25, 0.3) is 5.91 Å². The molecule has 3 heterocycles. The van der Waals surface area contributed by atoms with Crippen molar-refractivity contribution in [3.05, 3.63) is 23.0 Å². The van der Waals surface area contributed by atoms with Crippen LogP contribution in [0, 0.1) is 13.8 Å². The maximum absolute atomic E-state index is 12.7. The molecule has 0 radical (unpaired) electrons. The average molecular weight is 288 g/mol. The molecule has 21 heavy (non-hydrogen) atoms. The van der Waals surface area contributed by atoms with Gasteiger partial charge in [-0.2, -0.15) is 5.10 Å². The lowest BCUT2D eigenvalue weighted by molar-refractivity contribution is -0.0124. The zero-order chi connectivity index (χ0) is 15.1. The molecule has 0 N–H and O–H groups in total. The van der Waals surface area contributed by atoms with Gasteiger partial charge in [-0.25, -0.2) is 4.98 Å². The summed E-state index contributed by atoms with van der Waals surface area (Å²) >= 11 is 0. The lowest BCUT2D eigenvalue weighted by Gasteiger charge is -2.31. The van der Waals surface area contributed by atoms with Crippen molar-refractivity contribution in [3.63, 3.8) is 0 Å². The van der Waals surface area contributed by atoms with E-state index in [9.17, 15) is 4.79 Å². The van der Waals surface area contributed by atoms with Crippen LogP contribution >= 0.6 is 0 Å². The Morgan fingerprint density at radius 3 is 2.86 bits per heavy atom. The van der Waals surface area contributed by atoms with Gasteiger partial charge in [-0.3, -0.25) is 9.48 Å². The number of hydrogen-bond donors (Lipinski definition) is 0. The number of nitrogens with zero attached hydrogens (tertiary/aromatic N) is 4. The molecule has 0 unspecified atom stereocenters. The molecule has 6 nitrogen and oxygen atoms in total. The maximum atomic E-state index is 12.7. The third-order valence-corrected chi connectivity index (χ3v) is 3.95. The van der Waals surface area contributed by atoms with E-state index in [1.54, 1.807) is 4.68 Å². The summed E-state index contributed by atoms with van der Waals surface area (Å²) < 4.78 is 7.25. The number of rotatable bonds is 1. The number of carbonyl (C=O) groups excluding carboxylic acids is 1. The minimum absolute atomic E-state index is 0.0281. The summed E-state index contributed by atoms with van der Waals surface area (Å²) in [6.45, 7) is 7.64. The van der Waals surface area contributed by atoms with Crippen LogP contribution in [0.25, 0.3) is 11.0 Å². The van der Waals surface area contributed by atoms with Crippen LogP contribution in [0.3, 0.4) is 0 Å². The van der Waals surface area contributed by atoms with E-state index >= 15 is 0 Å². The number of pyridine rings is 1. The van der Waals surface area contributed by atoms with Gasteiger partial charge in [-0.05, 0) is 26.8 Å². The van der Waals surface area contributed by atoms with Crippen LogP contribution in [-0.2, 0) is 11.8 Å². The molecule has 1 fully saturated rings. The molecule has 1 amide bonds. The first kappa shape index (κ1) is 14.0. The molecule has 1 aliphatic rings. The van der Waals surface area contributed by atoms with Crippen molar-refractivity contribution in [2.45, 2.75) is 26.9 Å². The van der Waals surface area contributed by atoms with Crippen LogP contribution in [0.5, 0.6) is 0 Å². The Morgan fingerprint density at radius 2 is 2.14 bits per heavy atom. The number of hydrogen-bond acceptors (Lipinski definition) is 4. The van der Waals surface area contributed by atoms with Gasteiger partial charge in [0, 0.05) is 25.5 Å². The summed E-state index contributed by atoms with van der Waals surface area (Å²) in [5.74, 6) is 0.0281. The monoisotopic (exact) mass is 288 g/mol. The van der Waals surface area contributed by atoms with E-state index in [1.807, 2.05) is 38.8 Å². The third kappa shape index (κ3) is 2.40. The average Bonchev–Trinajstić information content (AvgIpc) is 2.72.